The zero-order valence-electron chi connectivity index (χ0n) is 9.31. The highest BCUT2D eigenvalue weighted by Crippen LogP contribution is 2.24. The number of hydrogen-bond acceptors (Lipinski definition) is 4. The van der Waals surface area contributed by atoms with Crippen LogP contribution in [0.5, 0.6) is 0 Å². The molecule has 0 unspecified atom stereocenters. The molecule has 2 aromatic rings. The van der Waals surface area contributed by atoms with Gasteiger partial charge in [0.2, 0.25) is 0 Å². The van der Waals surface area contributed by atoms with Crippen LogP contribution < -0.4 is 5.56 Å². The van der Waals surface area contributed by atoms with Crippen molar-refractivity contribution in [2.75, 3.05) is 0 Å². The van der Waals surface area contributed by atoms with E-state index in [1.54, 1.807) is 13.0 Å². The number of nitrogens with zero attached hydrogens (tertiary/aromatic N) is 2. The van der Waals surface area contributed by atoms with E-state index in [2.05, 4.69) is 25.9 Å². The molecule has 7 heteroatoms. The number of benzene rings is 1. The van der Waals surface area contributed by atoms with E-state index in [0.717, 1.165) is 5.56 Å². The predicted octanol–water partition coefficient (Wildman–Crippen LogP) is 2.42. The lowest BCUT2D eigenvalue weighted by Gasteiger charge is -2.04. The van der Waals surface area contributed by atoms with Crippen molar-refractivity contribution in [3.8, 4) is 11.4 Å². The first-order valence-electron chi connectivity index (χ1n) is 4.99. The summed E-state index contributed by atoms with van der Waals surface area (Å²) in [5.74, 6) is 0.310. The molecular formula is C11H8BrN3O3. The topological polar surface area (TPSA) is 88.9 Å². The standard InChI is InChI=1S/C11H8BrN3O3/c1-6-2-3-7(15(17)18)4-8(6)10-13-5-9(12)11(16)14-10/h2-5H,1H3,(H,13,14,16). The van der Waals surface area contributed by atoms with Crippen molar-refractivity contribution >= 4 is 21.6 Å². The number of aryl methyl sites for hydroxylation is 1. The van der Waals surface area contributed by atoms with E-state index in [4.69, 9.17) is 0 Å². The second-order valence-electron chi connectivity index (χ2n) is 3.67. The molecule has 0 aliphatic carbocycles. The van der Waals surface area contributed by atoms with Crippen LogP contribution in [-0.2, 0) is 0 Å². The highest BCUT2D eigenvalue weighted by atomic mass is 79.9. The fraction of sp³-hybridized carbons (Fsp3) is 0.0909. The van der Waals surface area contributed by atoms with Crippen LogP contribution in [0.15, 0.2) is 33.7 Å². The van der Waals surface area contributed by atoms with E-state index in [1.165, 1.54) is 18.3 Å². The van der Waals surface area contributed by atoms with Crippen molar-refractivity contribution in [3.05, 3.63) is 54.9 Å². The number of non-ortho nitro benzene ring substituents is 1. The maximum Gasteiger partial charge on any atom is 0.270 e. The van der Waals surface area contributed by atoms with Crippen LogP contribution in [0.3, 0.4) is 0 Å². The molecule has 1 heterocycles. The Balaban J connectivity index is 2.62. The molecule has 0 amide bonds. The molecule has 0 atom stereocenters. The van der Waals surface area contributed by atoms with Gasteiger partial charge in [-0.3, -0.25) is 14.9 Å². The third kappa shape index (κ3) is 2.30. The minimum absolute atomic E-state index is 0.0406. The monoisotopic (exact) mass is 309 g/mol. The summed E-state index contributed by atoms with van der Waals surface area (Å²) in [6.45, 7) is 1.79. The van der Waals surface area contributed by atoms with Gasteiger partial charge in [-0.25, -0.2) is 4.98 Å². The highest BCUT2D eigenvalue weighted by Gasteiger charge is 2.12. The van der Waals surface area contributed by atoms with Crippen LogP contribution in [0.4, 0.5) is 5.69 Å². The molecular weight excluding hydrogens is 302 g/mol. The maximum atomic E-state index is 11.5. The van der Waals surface area contributed by atoms with Gasteiger partial charge < -0.3 is 4.98 Å². The number of H-pyrrole nitrogens is 1. The second kappa shape index (κ2) is 4.69. The van der Waals surface area contributed by atoms with Gasteiger partial charge in [-0.2, -0.15) is 0 Å². The normalized spacial score (nSPS) is 10.3. The Labute approximate surface area is 110 Å². The van der Waals surface area contributed by atoms with Crippen molar-refractivity contribution in [2.45, 2.75) is 6.92 Å². The Morgan fingerprint density at radius 1 is 1.44 bits per heavy atom. The second-order valence-corrected chi connectivity index (χ2v) is 4.52. The van der Waals surface area contributed by atoms with E-state index in [0.29, 0.717) is 15.9 Å². The molecule has 0 radical (unpaired) electrons. The first-order valence-corrected chi connectivity index (χ1v) is 5.78. The lowest BCUT2D eigenvalue weighted by molar-refractivity contribution is -0.384. The minimum Gasteiger partial charge on any atom is -0.306 e. The van der Waals surface area contributed by atoms with Gasteiger partial charge in [0.1, 0.15) is 10.3 Å². The number of rotatable bonds is 2. The largest absolute Gasteiger partial charge is 0.306 e. The van der Waals surface area contributed by atoms with Crippen molar-refractivity contribution in [1.29, 1.82) is 0 Å². The molecule has 0 saturated carbocycles. The Kier molecular flexibility index (Phi) is 3.24. The highest BCUT2D eigenvalue weighted by molar-refractivity contribution is 9.10. The molecule has 0 aliphatic rings. The number of halogens is 1. The third-order valence-electron chi connectivity index (χ3n) is 2.44. The summed E-state index contributed by atoms with van der Waals surface area (Å²) < 4.78 is 0.314. The van der Waals surface area contributed by atoms with E-state index >= 15 is 0 Å². The molecule has 2 rings (SSSR count). The Morgan fingerprint density at radius 3 is 2.78 bits per heavy atom. The summed E-state index contributed by atoms with van der Waals surface area (Å²) in [5.41, 5.74) is 0.965. The van der Waals surface area contributed by atoms with Gasteiger partial charge in [0, 0.05) is 23.9 Å². The third-order valence-corrected chi connectivity index (χ3v) is 3.01. The van der Waals surface area contributed by atoms with Crippen LogP contribution in [0.1, 0.15) is 5.56 Å². The van der Waals surface area contributed by atoms with Gasteiger partial charge >= 0.3 is 0 Å². The maximum absolute atomic E-state index is 11.5. The summed E-state index contributed by atoms with van der Waals surface area (Å²) >= 11 is 3.04. The van der Waals surface area contributed by atoms with Crippen LogP contribution in [0.2, 0.25) is 0 Å². The van der Waals surface area contributed by atoms with Crippen molar-refractivity contribution in [1.82, 2.24) is 9.97 Å². The van der Waals surface area contributed by atoms with Crippen molar-refractivity contribution in [2.24, 2.45) is 0 Å². The van der Waals surface area contributed by atoms with Crippen molar-refractivity contribution < 1.29 is 4.92 Å². The number of hydrogen-bond donors (Lipinski definition) is 1. The summed E-state index contributed by atoms with van der Waals surface area (Å²) in [6, 6.07) is 4.42. The summed E-state index contributed by atoms with van der Waals surface area (Å²) in [6.07, 6.45) is 1.37. The molecule has 92 valence electrons. The lowest BCUT2D eigenvalue weighted by Crippen LogP contribution is -2.09. The fourth-order valence-corrected chi connectivity index (χ4v) is 1.70. The van der Waals surface area contributed by atoms with E-state index in [9.17, 15) is 14.9 Å². The van der Waals surface area contributed by atoms with E-state index in [-0.39, 0.29) is 11.2 Å². The minimum atomic E-state index is -0.486. The molecule has 0 fully saturated rings. The molecule has 6 nitrogen and oxygen atoms in total. The smallest absolute Gasteiger partial charge is 0.270 e. The number of nitro benzene ring substituents is 1. The number of aromatic nitrogens is 2. The molecule has 0 saturated heterocycles. The summed E-state index contributed by atoms with van der Waals surface area (Å²) in [5, 5.41) is 10.7. The number of aromatic amines is 1. The molecule has 0 bridgehead atoms. The van der Waals surface area contributed by atoms with Crippen molar-refractivity contribution in [3.63, 3.8) is 0 Å². The zero-order valence-corrected chi connectivity index (χ0v) is 10.9. The van der Waals surface area contributed by atoms with Crippen LogP contribution in [-0.4, -0.2) is 14.9 Å². The zero-order chi connectivity index (χ0) is 13.3. The first-order chi connectivity index (χ1) is 8.49. The molecule has 1 N–H and O–H groups in total. The van der Waals surface area contributed by atoms with E-state index in [1.807, 2.05) is 0 Å². The Bertz CT molecular complexity index is 681. The van der Waals surface area contributed by atoms with Crippen LogP contribution in [0, 0.1) is 17.0 Å². The summed E-state index contributed by atoms with van der Waals surface area (Å²) in [7, 11) is 0. The summed E-state index contributed by atoms with van der Waals surface area (Å²) in [4.78, 5) is 28.3. The first kappa shape index (κ1) is 12.4. The van der Waals surface area contributed by atoms with Crippen LogP contribution in [0.25, 0.3) is 11.4 Å². The van der Waals surface area contributed by atoms with Gasteiger partial charge in [-0.15, -0.1) is 0 Å². The fourth-order valence-electron chi connectivity index (χ4n) is 1.49. The van der Waals surface area contributed by atoms with Gasteiger partial charge in [-0.1, -0.05) is 6.07 Å². The van der Waals surface area contributed by atoms with Crippen LogP contribution >= 0.6 is 15.9 Å². The quantitative estimate of drug-likeness (QED) is 0.681. The Hall–Kier alpha value is -2.02. The number of nitrogens with one attached hydrogen (secondary N) is 1. The molecule has 1 aromatic heterocycles. The lowest BCUT2D eigenvalue weighted by atomic mass is 10.1. The molecule has 1 aromatic carbocycles. The van der Waals surface area contributed by atoms with Gasteiger partial charge in [-0.05, 0) is 28.4 Å². The number of nitro groups is 1. The van der Waals surface area contributed by atoms with E-state index < -0.39 is 4.92 Å². The molecule has 0 spiro atoms. The molecule has 18 heavy (non-hydrogen) atoms. The Morgan fingerprint density at radius 2 is 2.17 bits per heavy atom. The average Bonchev–Trinajstić information content (AvgIpc) is 2.33. The predicted molar refractivity (Wildman–Crippen MR) is 69.4 cm³/mol. The van der Waals surface area contributed by atoms with Gasteiger partial charge in [0.05, 0.1) is 4.92 Å². The van der Waals surface area contributed by atoms with Gasteiger partial charge in [0.25, 0.3) is 11.2 Å². The SMILES string of the molecule is Cc1ccc([N+](=O)[O-])cc1-c1ncc(Br)c(=O)[nH]1. The molecule has 0 aliphatic heterocycles. The van der Waals surface area contributed by atoms with Gasteiger partial charge in [0.15, 0.2) is 0 Å². The average molecular weight is 310 g/mol.